The molecule has 0 aromatic carbocycles. The minimum atomic E-state index is 0.109. The molecule has 0 fully saturated rings. The van der Waals surface area contributed by atoms with E-state index in [1.54, 1.807) is 23.1 Å². The molecule has 104 valence electrons. The molecule has 0 spiro atoms. The second kappa shape index (κ2) is 7.44. The first-order valence-corrected chi connectivity index (χ1v) is 8.16. The molecule has 0 amide bonds. The van der Waals surface area contributed by atoms with Crippen molar-refractivity contribution in [1.82, 2.24) is 9.97 Å². The number of aliphatic hydroxyl groups is 1. The van der Waals surface area contributed by atoms with Gasteiger partial charge in [-0.05, 0) is 31.4 Å². The summed E-state index contributed by atoms with van der Waals surface area (Å²) in [7, 11) is 0. The van der Waals surface area contributed by atoms with Gasteiger partial charge in [0.1, 0.15) is 0 Å². The van der Waals surface area contributed by atoms with Crippen LogP contribution in [0.5, 0.6) is 0 Å². The van der Waals surface area contributed by atoms with Gasteiger partial charge in [0.15, 0.2) is 5.16 Å². The number of aromatic nitrogens is 2. The largest absolute Gasteiger partial charge is 0.395 e. The lowest BCUT2D eigenvalue weighted by molar-refractivity contribution is 0.305. The summed E-state index contributed by atoms with van der Waals surface area (Å²) in [5, 5.41) is 11.6. The van der Waals surface area contributed by atoms with Crippen molar-refractivity contribution in [3.63, 3.8) is 0 Å². The van der Waals surface area contributed by atoms with Crippen LogP contribution in [0.15, 0.2) is 22.7 Å². The molecule has 3 nitrogen and oxygen atoms in total. The molecule has 0 aliphatic heterocycles. The molecule has 0 aliphatic carbocycles. The number of thiophene rings is 1. The quantitative estimate of drug-likeness (QED) is 0.535. The third kappa shape index (κ3) is 4.34. The summed E-state index contributed by atoms with van der Waals surface area (Å²) in [5.41, 5.74) is 3.03. The van der Waals surface area contributed by atoms with E-state index in [4.69, 9.17) is 5.11 Å². The molecule has 2 aromatic heterocycles. The Kier molecular flexibility index (Phi) is 5.60. The Morgan fingerprint density at radius 3 is 2.75 bits per heavy atom. The molecule has 0 saturated carbocycles. The fourth-order valence-electron chi connectivity index (χ4n) is 1.67. The van der Waals surface area contributed by atoms with Gasteiger partial charge >= 0.3 is 0 Å². The average Bonchev–Trinajstić information content (AvgIpc) is 2.83. The van der Waals surface area contributed by atoms with Crippen LogP contribution in [0, 0.1) is 25.7 Å². The van der Waals surface area contributed by atoms with E-state index >= 15 is 0 Å². The van der Waals surface area contributed by atoms with E-state index < -0.39 is 0 Å². The minimum Gasteiger partial charge on any atom is -0.395 e. The SMILES string of the molecule is Cc1cc(C)nc(SCc2sccc2C#CCCO)n1. The summed E-state index contributed by atoms with van der Waals surface area (Å²) in [5.74, 6) is 6.88. The van der Waals surface area contributed by atoms with Crippen molar-refractivity contribution in [2.45, 2.75) is 31.2 Å². The number of nitrogens with zero attached hydrogens (tertiary/aromatic N) is 2. The molecule has 0 aliphatic rings. The Morgan fingerprint density at radius 1 is 1.30 bits per heavy atom. The van der Waals surface area contributed by atoms with Crippen LogP contribution in [0.3, 0.4) is 0 Å². The number of aliphatic hydroxyl groups excluding tert-OH is 1. The zero-order valence-corrected chi connectivity index (χ0v) is 13.1. The van der Waals surface area contributed by atoms with Crippen LogP contribution >= 0.6 is 23.1 Å². The van der Waals surface area contributed by atoms with Gasteiger partial charge in [-0.25, -0.2) is 9.97 Å². The predicted octanol–water partition coefficient (Wildman–Crippen LogP) is 3.18. The van der Waals surface area contributed by atoms with Gasteiger partial charge in [-0.2, -0.15) is 0 Å². The summed E-state index contributed by atoms with van der Waals surface area (Å²) in [6.45, 7) is 4.07. The van der Waals surface area contributed by atoms with Crippen molar-refractivity contribution in [3.05, 3.63) is 39.3 Å². The first kappa shape index (κ1) is 15.0. The third-order valence-electron chi connectivity index (χ3n) is 2.50. The Bertz CT molecular complexity index is 621. The lowest BCUT2D eigenvalue weighted by atomic mass is 10.2. The van der Waals surface area contributed by atoms with Crippen LogP contribution in [-0.2, 0) is 5.75 Å². The molecule has 0 bridgehead atoms. The summed E-state index contributed by atoms with van der Waals surface area (Å²) in [6, 6.07) is 3.99. The number of aryl methyl sites for hydroxylation is 2. The minimum absolute atomic E-state index is 0.109. The van der Waals surface area contributed by atoms with Gasteiger partial charge in [0.05, 0.1) is 6.61 Å². The lowest BCUT2D eigenvalue weighted by Crippen LogP contribution is -1.93. The first-order chi connectivity index (χ1) is 9.69. The summed E-state index contributed by atoms with van der Waals surface area (Å²) in [4.78, 5) is 10.1. The van der Waals surface area contributed by atoms with Crippen LogP contribution < -0.4 is 0 Å². The number of rotatable bonds is 4. The van der Waals surface area contributed by atoms with Crippen LogP contribution in [0.2, 0.25) is 0 Å². The molecular weight excluding hydrogens is 288 g/mol. The maximum Gasteiger partial charge on any atom is 0.188 e. The van der Waals surface area contributed by atoms with E-state index in [0.717, 1.165) is 27.9 Å². The van der Waals surface area contributed by atoms with Crippen LogP contribution in [0.4, 0.5) is 0 Å². The fraction of sp³-hybridized carbons (Fsp3) is 0.333. The zero-order chi connectivity index (χ0) is 14.4. The zero-order valence-electron chi connectivity index (χ0n) is 11.5. The van der Waals surface area contributed by atoms with Crippen LogP contribution in [0.25, 0.3) is 0 Å². The van der Waals surface area contributed by atoms with E-state index in [0.29, 0.717) is 6.42 Å². The summed E-state index contributed by atoms with van der Waals surface area (Å²) in [6.07, 6.45) is 0.516. The van der Waals surface area contributed by atoms with Crippen molar-refractivity contribution >= 4 is 23.1 Å². The van der Waals surface area contributed by atoms with E-state index in [9.17, 15) is 0 Å². The standard InChI is InChI=1S/C15H16N2OS2/c1-11-9-12(2)17-15(16-11)20-10-14-13(6-8-19-14)5-3-4-7-18/h6,8-9,18H,4,7,10H2,1-2H3. The molecule has 1 N–H and O–H groups in total. The van der Waals surface area contributed by atoms with Gasteiger partial charge in [-0.3, -0.25) is 0 Å². The lowest BCUT2D eigenvalue weighted by Gasteiger charge is -2.02. The molecule has 20 heavy (non-hydrogen) atoms. The molecule has 0 unspecified atom stereocenters. The molecule has 2 heterocycles. The molecule has 0 atom stereocenters. The average molecular weight is 304 g/mol. The van der Waals surface area contributed by atoms with Crippen molar-refractivity contribution in [2.75, 3.05) is 6.61 Å². The highest BCUT2D eigenvalue weighted by Crippen LogP contribution is 2.25. The number of hydrogen-bond donors (Lipinski definition) is 1. The topological polar surface area (TPSA) is 46.0 Å². The predicted molar refractivity (Wildman–Crippen MR) is 84.0 cm³/mol. The van der Waals surface area contributed by atoms with Crippen molar-refractivity contribution in [3.8, 4) is 11.8 Å². The Morgan fingerprint density at radius 2 is 2.05 bits per heavy atom. The molecule has 0 saturated heterocycles. The molecule has 5 heteroatoms. The highest BCUT2D eigenvalue weighted by atomic mass is 32.2. The maximum atomic E-state index is 8.75. The Labute approximate surface area is 127 Å². The van der Waals surface area contributed by atoms with Gasteiger partial charge in [-0.15, -0.1) is 11.3 Å². The first-order valence-electron chi connectivity index (χ1n) is 6.30. The second-order valence-corrected chi connectivity index (χ2v) is 6.20. The van der Waals surface area contributed by atoms with Crippen LogP contribution in [0.1, 0.15) is 28.2 Å². The fourth-order valence-corrected chi connectivity index (χ4v) is 3.56. The van der Waals surface area contributed by atoms with Crippen LogP contribution in [-0.4, -0.2) is 21.7 Å². The maximum absolute atomic E-state index is 8.75. The van der Waals surface area contributed by atoms with Crippen molar-refractivity contribution < 1.29 is 5.11 Å². The summed E-state index contributed by atoms with van der Waals surface area (Å²) >= 11 is 3.32. The molecule has 2 aromatic rings. The van der Waals surface area contributed by atoms with E-state index in [2.05, 4.69) is 21.8 Å². The molecule has 2 rings (SSSR count). The smallest absolute Gasteiger partial charge is 0.188 e. The van der Waals surface area contributed by atoms with Gasteiger partial charge < -0.3 is 5.11 Å². The Balaban J connectivity index is 2.04. The normalized spacial score (nSPS) is 10.2. The van der Waals surface area contributed by atoms with Crippen molar-refractivity contribution in [2.24, 2.45) is 0 Å². The van der Waals surface area contributed by atoms with Crippen molar-refractivity contribution in [1.29, 1.82) is 0 Å². The molecular formula is C15H16N2OS2. The third-order valence-corrected chi connectivity index (χ3v) is 4.48. The van der Waals surface area contributed by atoms with Gasteiger partial charge in [0, 0.05) is 34.0 Å². The summed E-state index contributed by atoms with van der Waals surface area (Å²) < 4.78 is 0. The monoisotopic (exact) mass is 304 g/mol. The van der Waals surface area contributed by atoms with Gasteiger partial charge in [-0.1, -0.05) is 23.6 Å². The highest BCUT2D eigenvalue weighted by Gasteiger charge is 2.05. The Hall–Kier alpha value is -1.35. The second-order valence-electron chi connectivity index (χ2n) is 4.25. The number of hydrogen-bond acceptors (Lipinski definition) is 5. The van der Waals surface area contributed by atoms with E-state index in [1.165, 1.54) is 4.88 Å². The highest BCUT2D eigenvalue weighted by molar-refractivity contribution is 7.98. The van der Waals surface area contributed by atoms with Gasteiger partial charge in [0.25, 0.3) is 0 Å². The van der Waals surface area contributed by atoms with E-state index in [-0.39, 0.29) is 6.61 Å². The number of thioether (sulfide) groups is 1. The van der Waals surface area contributed by atoms with Gasteiger partial charge in [0.2, 0.25) is 0 Å². The molecule has 0 radical (unpaired) electrons. The van der Waals surface area contributed by atoms with E-state index in [1.807, 2.05) is 31.4 Å².